The van der Waals surface area contributed by atoms with Crippen molar-refractivity contribution in [1.29, 1.82) is 0 Å². The minimum Gasteiger partial charge on any atom is -0.444 e. The molecule has 0 radical (unpaired) electrons. The number of alkyl carbamates (subject to hydrolysis) is 1. The number of ether oxygens (including phenoxy) is 1. The van der Waals surface area contributed by atoms with Crippen LogP contribution in [-0.4, -0.2) is 28.9 Å². The summed E-state index contributed by atoms with van der Waals surface area (Å²) in [5.41, 5.74) is -0.729. The highest BCUT2D eigenvalue weighted by atomic mass is 16.6. The van der Waals surface area contributed by atoms with E-state index in [9.17, 15) is 9.90 Å². The van der Waals surface area contributed by atoms with Crippen molar-refractivity contribution in [2.45, 2.75) is 58.8 Å². The third-order valence-corrected chi connectivity index (χ3v) is 2.91. The summed E-state index contributed by atoms with van der Waals surface area (Å²) < 4.78 is 5.14. The van der Waals surface area contributed by atoms with Crippen molar-refractivity contribution < 1.29 is 14.6 Å². The molecule has 0 aliphatic heterocycles. The van der Waals surface area contributed by atoms with Gasteiger partial charge in [0.25, 0.3) is 0 Å². The van der Waals surface area contributed by atoms with Gasteiger partial charge in [-0.05, 0) is 27.2 Å². The molecule has 0 heterocycles. The van der Waals surface area contributed by atoms with E-state index < -0.39 is 11.7 Å². The molecule has 0 bridgehead atoms. The molecule has 1 saturated carbocycles. The van der Waals surface area contributed by atoms with Crippen molar-refractivity contribution in [3.05, 3.63) is 0 Å². The summed E-state index contributed by atoms with van der Waals surface area (Å²) in [7, 11) is 0. The van der Waals surface area contributed by atoms with E-state index in [1.807, 2.05) is 34.6 Å². The summed E-state index contributed by atoms with van der Waals surface area (Å²) in [5.74, 6) is 0. The van der Waals surface area contributed by atoms with Gasteiger partial charge in [0.15, 0.2) is 0 Å². The van der Waals surface area contributed by atoms with Crippen molar-refractivity contribution in [3.63, 3.8) is 0 Å². The van der Waals surface area contributed by atoms with Gasteiger partial charge in [0.2, 0.25) is 0 Å². The van der Waals surface area contributed by atoms with Crippen LogP contribution in [0, 0.1) is 5.41 Å². The maximum absolute atomic E-state index is 11.4. The minimum absolute atomic E-state index is 0.00218. The van der Waals surface area contributed by atoms with Gasteiger partial charge in [0.05, 0.1) is 6.10 Å². The van der Waals surface area contributed by atoms with Crippen LogP contribution in [0.15, 0.2) is 0 Å². The topological polar surface area (TPSA) is 58.6 Å². The van der Waals surface area contributed by atoms with Gasteiger partial charge in [-0.25, -0.2) is 4.79 Å². The molecule has 1 rings (SSSR count). The largest absolute Gasteiger partial charge is 0.444 e. The molecule has 2 N–H and O–H groups in total. The molecule has 4 nitrogen and oxygen atoms in total. The molecular formula is C11H21NO3. The molecule has 1 aliphatic rings. The van der Waals surface area contributed by atoms with E-state index in [2.05, 4.69) is 5.32 Å². The molecule has 0 aromatic heterocycles. The summed E-state index contributed by atoms with van der Waals surface area (Å²) >= 11 is 0. The third-order valence-electron chi connectivity index (χ3n) is 2.91. The lowest BCUT2D eigenvalue weighted by Gasteiger charge is -2.49. The van der Waals surface area contributed by atoms with Crippen molar-refractivity contribution in [3.8, 4) is 0 Å². The average Bonchev–Trinajstić information content (AvgIpc) is 2.00. The smallest absolute Gasteiger partial charge is 0.407 e. The Bertz CT molecular complexity index is 255. The predicted molar refractivity (Wildman–Crippen MR) is 57.6 cm³/mol. The predicted octanol–water partition coefficient (Wildman–Crippen LogP) is 1.67. The molecule has 0 aromatic rings. The standard InChI is InChI=1S/C11H21NO3/c1-10(2,3)15-9(14)12-7-6-8(13)11(7,4)5/h7-8,13H,6H2,1-5H3,(H,12,14)/t7-,8-/m1/s1. The van der Waals surface area contributed by atoms with Crippen LogP contribution in [0.3, 0.4) is 0 Å². The lowest BCUT2D eigenvalue weighted by atomic mass is 9.65. The molecule has 1 amide bonds. The number of hydrogen-bond acceptors (Lipinski definition) is 3. The molecule has 15 heavy (non-hydrogen) atoms. The quantitative estimate of drug-likeness (QED) is 0.699. The first-order valence-corrected chi connectivity index (χ1v) is 5.30. The molecule has 2 atom stereocenters. The van der Waals surface area contributed by atoms with Crippen molar-refractivity contribution in [1.82, 2.24) is 5.32 Å². The van der Waals surface area contributed by atoms with Crippen LogP contribution in [0.2, 0.25) is 0 Å². The highest BCUT2D eigenvalue weighted by molar-refractivity contribution is 5.68. The lowest BCUT2D eigenvalue weighted by molar-refractivity contribution is -0.0732. The zero-order chi connectivity index (χ0) is 11.9. The number of rotatable bonds is 1. The van der Waals surface area contributed by atoms with Gasteiger partial charge < -0.3 is 15.2 Å². The fourth-order valence-electron chi connectivity index (χ4n) is 1.60. The van der Waals surface area contributed by atoms with Crippen LogP contribution in [0.4, 0.5) is 4.79 Å². The van der Waals surface area contributed by atoms with Gasteiger partial charge in [-0.15, -0.1) is 0 Å². The first-order valence-electron chi connectivity index (χ1n) is 5.30. The number of nitrogens with one attached hydrogen (secondary N) is 1. The lowest BCUT2D eigenvalue weighted by Crippen LogP contribution is -2.61. The van der Waals surface area contributed by atoms with Crippen LogP contribution >= 0.6 is 0 Å². The highest BCUT2D eigenvalue weighted by Gasteiger charge is 2.48. The molecular weight excluding hydrogens is 194 g/mol. The normalized spacial score (nSPS) is 29.2. The van der Waals surface area contributed by atoms with Gasteiger partial charge in [-0.1, -0.05) is 13.8 Å². The summed E-state index contributed by atoms with van der Waals surface area (Å²) in [6.45, 7) is 9.35. The van der Waals surface area contributed by atoms with E-state index in [1.165, 1.54) is 0 Å². The number of carbonyl (C=O) groups excluding carboxylic acids is 1. The molecule has 0 aromatic carbocycles. The van der Waals surface area contributed by atoms with Gasteiger partial charge in [-0.3, -0.25) is 0 Å². The fourth-order valence-corrected chi connectivity index (χ4v) is 1.60. The second-order valence-electron chi connectivity index (χ2n) is 5.77. The monoisotopic (exact) mass is 215 g/mol. The van der Waals surface area contributed by atoms with E-state index in [-0.39, 0.29) is 17.6 Å². The molecule has 0 spiro atoms. The van der Waals surface area contributed by atoms with E-state index in [0.717, 1.165) is 0 Å². The maximum atomic E-state index is 11.4. The Morgan fingerprint density at radius 1 is 1.47 bits per heavy atom. The number of amides is 1. The van der Waals surface area contributed by atoms with Crippen molar-refractivity contribution in [2.75, 3.05) is 0 Å². The zero-order valence-corrected chi connectivity index (χ0v) is 10.1. The second kappa shape index (κ2) is 3.67. The Morgan fingerprint density at radius 2 is 2.00 bits per heavy atom. The Balaban J connectivity index is 2.41. The van der Waals surface area contributed by atoms with E-state index >= 15 is 0 Å². The Labute approximate surface area is 91.0 Å². The Kier molecular flexibility index (Phi) is 3.01. The highest BCUT2D eigenvalue weighted by Crippen LogP contribution is 2.40. The van der Waals surface area contributed by atoms with Crippen LogP contribution in [0.1, 0.15) is 41.0 Å². The Hall–Kier alpha value is -0.770. The minimum atomic E-state index is -0.476. The first kappa shape index (κ1) is 12.3. The number of aliphatic hydroxyl groups excluding tert-OH is 1. The van der Waals surface area contributed by atoms with Crippen LogP contribution in [0.5, 0.6) is 0 Å². The first-order chi connectivity index (χ1) is 6.63. The molecule has 0 unspecified atom stereocenters. The third kappa shape index (κ3) is 2.84. The van der Waals surface area contributed by atoms with E-state index in [1.54, 1.807) is 0 Å². The molecule has 0 saturated heterocycles. The van der Waals surface area contributed by atoms with Crippen LogP contribution in [-0.2, 0) is 4.74 Å². The fraction of sp³-hybridized carbons (Fsp3) is 0.909. The molecule has 1 aliphatic carbocycles. The number of hydrogen-bond donors (Lipinski definition) is 2. The van der Waals surface area contributed by atoms with Gasteiger partial charge in [0, 0.05) is 11.5 Å². The molecule has 88 valence electrons. The summed E-state index contributed by atoms with van der Waals surface area (Å²) in [4.78, 5) is 11.4. The van der Waals surface area contributed by atoms with Gasteiger partial charge in [0.1, 0.15) is 5.60 Å². The van der Waals surface area contributed by atoms with Gasteiger partial charge >= 0.3 is 6.09 Å². The maximum Gasteiger partial charge on any atom is 0.407 e. The summed E-state index contributed by atoms with van der Waals surface area (Å²) in [5, 5.41) is 12.3. The average molecular weight is 215 g/mol. The van der Waals surface area contributed by atoms with E-state index in [0.29, 0.717) is 6.42 Å². The van der Waals surface area contributed by atoms with E-state index in [4.69, 9.17) is 4.74 Å². The van der Waals surface area contributed by atoms with Gasteiger partial charge in [-0.2, -0.15) is 0 Å². The SMILES string of the molecule is CC(C)(C)OC(=O)N[C@@H]1C[C@@H](O)C1(C)C. The second-order valence-corrected chi connectivity index (χ2v) is 5.77. The Morgan fingerprint density at radius 3 is 2.33 bits per heavy atom. The van der Waals surface area contributed by atoms with Crippen LogP contribution < -0.4 is 5.32 Å². The van der Waals surface area contributed by atoms with Crippen molar-refractivity contribution >= 4 is 6.09 Å². The summed E-state index contributed by atoms with van der Waals surface area (Å²) in [6, 6.07) is 0.00218. The summed E-state index contributed by atoms with van der Waals surface area (Å²) in [6.07, 6.45) is -0.142. The van der Waals surface area contributed by atoms with Crippen LogP contribution in [0.25, 0.3) is 0 Å². The number of aliphatic hydroxyl groups is 1. The molecule has 1 fully saturated rings. The number of carbonyl (C=O) groups is 1. The zero-order valence-electron chi connectivity index (χ0n) is 10.1. The van der Waals surface area contributed by atoms with Crippen molar-refractivity contribution in [2.24, 2.45) is 5.41 Å². The molecule has 4 heteroatoms.